The number of halogens is 9. The fraction of sp³-hybridized carbons (Fsp3) is 0.214. The van der Waals surface area contributed by atoms with Crippen LogP contribution in [-0.2, 0) is 14.1 Å². The van der Waals surface area contributed by atoms with Crippen molar-refractivity contribution in [2.45, 2.75) is 31.5 Å². The lowest BCUT2D eigenvalue weighted by Gasteiger charge is -2.26. The smallest absolute Gasteiger partial charge is 0.392 e. The third kappa shape index (κ3) is 7.82. The molecule has 1 aromatic heterocycles. The molecule has 1 heterocycles. The first kappa shape index (κ1) is 34.8. The largest absolute Gasteiger partial charge is 0.464 e. The molecule has 4 aromatic rings. The highest BCUT2D eigenvalue weighted by molar-refractivity contribution is 7.57. The molecule has 0 fully saturated rings. The molecule has 0 spiro atoms. The average Bonchev–Trinajstić information content (AvgIpc) is 3.44. The maximum atomic E-state index is 16.1. The van der Waals surface area contributed by atoms with Crippen LogP contribution in [0.25, 0.3) is 10.1 Å². The van der Waals surface area contributed by atoms with Crippen LogP contribution in [0.4, 0.5) is 39.5 Å². The molecule has 3 aromatic carbocycles. The Hall–Kier alpha value is -4.08. The van der Waals surface area contributed by atoms with E-state index in [-0.39, 0.29) is 21.4 Å². The van der Waals surface area contributed by atoms with Gasteiger partial charge in [-0.15, -0.1) is 11.3 Å². The third-order valence-electron chi connectivity index (χ3n) is 6.02. The zero-order valence-corrected chi connectivity index (χ0v) is 24.7. The van der Waals surface area contributed by atoms with Crippen LogP contribution in [0.2, 0.25) is 0 Å². The van der Waals surface area contributed by atoms with E-state index in [0.717, 1.165) is 25.1 Å². The molecule has 0 aliphatic heterocycles. The van der Waals surface area contributed by atoms with E-state index >= 15 is 4.39 Å². The number of alkyl halides is 4. The first-order valence-corrected chi connectivity index (χ1v) is 15.3. The van der Waals surface area contributed by atoms with Crippen molar-refractivity contribution in [1.82, 2.24) is 5.09 Å². The number of ether oxygens (including phenoxy) is 2. The molecule has 4 rings (SSSR count). The van der Waals surface area contributed by atoms with E-state index in [0.29, 0.717) is 11.3 Å². The van der Waals surface area contributed by atoms with Crippen LogP contribution in [0, 0.1) is 29.1 Å². The molecule has 0 aliphatic rings. The second kappa shape index (κ2) is 13.7. The lowest BCUT2D eigenvalue weighted by molar-refractivity contribution is -0.160. The van der Waals surface area contributed by atoms with Gasteiger partial charge in [0.2, 0.25) is 40.7 Å². The minimum absolute atomic E-state index is 0.0837. The molecule has 46 heavy (non-hydrogen) atoms. The number of carbonyl (C=O) groups is 2. The molecule has 18 heteroatoms. The highest BCUT2D eigenvalue weighted by Gasteiger charge is 2.41. The van der Waals surface area contributed by atoms with E-state index < -0.39 is 90.3 Å². The molecule has 0 saturated heterocycles. The topological polar surface area (TPSA) is 90.9 Å². The van der Waals surface area contributed by atoms with Crippen molar-refractivity contribution >= 4 is 40.9 Å². The molecule has 0 amide bonds. The van der Waals surface area contributed by atoms with Gasteiger partial charge in [-0.3, -0.25) is 9.36 Å². The zero-order chi connectivity index (χ0) is 34.0. The third-order valence-corrected chi connectivity index (χ3v) is 9.24. The van der Waals surface area contributed by atoms with Gasteiger partial charge in [0, 0.05) is 4.70 Å². The molecule has 3 atom stereocenters. The van der Waals surface area contributed by atoms with E-state index in [1.54, 1.807) is 6.07 Å². The number of nitrogens with one attached hydrogen (secondary N) is 1. The summed E-state index contributed by atoms with van der Waals surface area (Å²) in [5, 5.41) is 2.27. The van der Waals surface area contributed by atoms with Crippen molar-refractivity contribution < 1.29 is 67.7 Å². The van der Waals surface area contributed by atoms with Crippen molar-refractivity contribution in [2.75, 3.05) is 6.61 Å². The van der Waals surface area contributed by atoms with Gasteiger partial charge in [0.15, 0.2) is 0 Å². The number of para-hydroxylation sites is 1. The second-order valence-corrected chi connectivity index (χ2v) is 12.6. The van der Waals surface area contributed by atoms with Crippen molar-refractivity contribution in [1.29, 1.82) is 0 Å². The summed E-state index contributed by atoms with van der Waals surface area (Å²) in [6.07, 6.45) is -6.07. The van der Waals surface area contributed by atoms with Crippen LogP contribution in [-0.4, -0.2) is 30.8 Å². The lowest BCUT2D eigenvalue weighted by atomic mass is 10.2. The van der Waals surface area contributed by atoms with Crippen LogP contribution >= 0.6 is 18.9 Å². The van der Waals surface area contributed by atoms with E-state index in [1.165, 1.54) is 30.3 Å². The molecule has 0 saturated carbocycles. The Balaban J connectivity index is 1.60. The van der Waals surface area contributed by atoms with E-state index in [2.05, 4.69) is 14.6 Å². The van der Waals surface area contributed by atoms with Crippen molar-refractivity contribution in [2.24, 2.45) is 0 Å². The summed E-state index contributed by atoms with van der Waals surface area (Å²) in [5.41, 5.74) is -0.339. The van der Waals surface area contributed by atoms with Gasteiger partial charge < -0.3 is 14.0 Å². The summed E-state index contributed by atoms with van der Waals surface area (Å²) in [6.45, 7) is 0.0231. The summed E-state index contributed by atoms with van der Waals surface area (Å²) in [7, 11) is -4.80. The maximum Gasteiger partial charge on any atom is 0.392 e. The molecule has 246 valence electrons. The van der Waals surface area contributed by atoms with Gasteiger partial charge in [-0.05, 0) is 48.2 Å². The molecular weight excluding hydrogens is 680 g/mol. The Bertz CT molecular complexity index is 1790. The molecule has 7 nitrogen and oxygen atoms in total. The van der Waals surface area contributed by atoms with Gasteiger partial charge >= 0.3 is 25.6 Å². The number of carbonyl (C=O) groups excluding carboxylic acids is 2. The molecular formula is C28H19F9NO6PS. The standard InChI is InChI=1S/C28H19F9NO6PS/c1-13(26(39)42-10-9-28(35,36)37)38-45(41,44-16-5-3-2-4-6-16)25(34)14-7-8-17-15(11-14)12-18(46-17)27(40)43-24-22(32)20(30)19(29)21(31)23(24)33/h2-8,11-13,25H,9-10H2,1H3,(H,38,41)/t13-,25?,45?/m0/s1. The minimum Gasteiger partial charge on any atom is -0.464 e. The number of esters is 2. The van der Waals surface area contributed by atoms with E-state index in [1.807, 2.05) is 0 Å². The van der Waals surface area contributed by atoms with Gasteiger partial charge in [-0.25, -0.2) is 27.4 Å². The van der Waals surface area contributed by atoms with Crippen molar-refractivity contribution in [3.05, 3.63) is 94.1 Å². The van der Waals surface area contributed by atoms with Crippen molar-refractivity contribution in [3.8, 4) is 11.5 Å². The zero-order valence-electron chi connectivity index (χ0n) is 23.0. The lowest BCUT2D eigenvalue weighted by Crippen LogP contribution is -2.36. The van der Waals surface area contributed by atoms with E-state index in [4.69, 9.17) is 4.52 Å². The van der Waals surface area contributed by atoms with Gasteiger partial charge in [-0.2, -0.15) is 22.0 Å². The number of fused-ring (bicyclic) bond motifs is 1. The minimum atomic E-state index is -4.80. The quantitative estimate of drug-likeness (QED) is 0.0419. The highest BCUT2D eigenvalue weighted by atomic mass is 32.1. The normalized spacial score (nSPS) is 14.4. The number of thiophene rings is 1. The summed E-state index contributed by atoms with van der Waals surface area (Å²) in [6, 6.07) is 10.0. The highest BCUT2D eigenvalue weighted by Crippen LogP contribution is 2.58. The summed E-state index contributed by atoms with van der Waals surface area (Å²) in [4.78, 5) is 24.4. The molecule has 2 unspecified atom stereocenters. The average molecular weight is 699 g/mol. The molecule has 0 aliphatic carbocycles. The van der Waals surface area contributed by atoms with Crippen LogP contribution in [0.15, 0.2) is 54.6 Å². The number of rotatable bonds is 11. The SMILES string of the molecule is C[C@H](NP(=O)(Oc1ccccc1)C(F)c1ccc2sc(C(=O)Oc3c(F)c(F)c(F)c(F)c3F)cc2c1)C(=O)OCCC(F)(F)F. The fourth-order valence-electron chi connectivity index (χ4n) is 3.82. The Morgan fingerprint density at radius 1 is 0.913 bits per heavy atom. The van der Waals surface area contributed by atoms with Gasteiger partial charge in [0.25, 0.3) is 0 Å². The number of hydrogen-bond acceptors (Lipinski definition) is 7. The fourth-order valence-corrected chi connectivity index (χ4v) is 6.64. The Labute approximate surface area is 257 Å². The predicted octanol–water partition coefficient (Wildman–Crippen LogP) is 8.53. The van der Waals surface area contributed by atoms with Crippen LogP contribution < -0.4 is 14.3 Å². The Morgan fingerprint density at radius 3 is 2.13 bits per heavy atom. The number of benzene rings is 3. The first-order valence-electron chi connectivity index (χ1n) is 12.8. The van der Waals surface area contributed by atoms with Crippen LogP contribution in [0.5, 0.6) is 11.5 Å². The Morgan fingerprint density at radius 2 is 1.52 bits per heavy atom. The molecule has 0 bridgehead atoms. The van der Waals surface area contributed by atoms with Crippen molar-refractivity contribution in [3.63, 3.8) is 0 Å². The monoisotopic (exact) mass is 699 g/mol. The number of hydrogen-bond donors (Lipinski definition) is 1. The summed E-state index contributed by atoms with van der Waals surface area (Å²) >= 11 is 0.642. The second-order valence-electron chi connectivity index (χ2n) is 9.42. The van der Waals surface area contributed by atoms with Gasteiger partial charge in [0.05, 0.1) is 13.0 Å². The molecule has 1 N–H and O–H groups in total. The Kier molecular flexibility index (Phi) is 10.4. The van der Waals surface area contributed by atoms with Crippen LogP contribution in [0.1, 0.15) is 34.5 Å². The van der Waals surface area contributed by atoms with Crippen LogP contribution in [0.3, 0.4) is 0 Å². The summed E-state index contributed by atoms with van der Waals surface area (Å²) in [5.74, 6) is -19.2. The molecule has 0 radical (unpaired) electrons. The predicted molar refractivity (Wildman–Crippen MR) is 146 cm³/mol. The maximum absolute atomic E-state index is 16.1. The van der Waals surface area contributed by atoms with Gasteiger partial charge in [-0.1, -0.05) is 24.3 Å². The summed E-state index contributed by atoms with van der Waals surface area (Å²) < 4.78 is 150. The first-order chi connectivity index (χ1) is 21.5. The van der Waals surface area contributed by atoms with E-state index in [9.17, 15) is 49.3 Å². The van der Waals surface area contributed by atoms with Gasteiger partial charge in [0.1, 0.15) is 16.7 Å².